The number of hydrogen-bond donors (Lipinski definition) is 0. The number of benzene rings is 1. The van der Waals surface area contributed by atoms with Gasteiger partial charge in [-0.25, -0.2) is 9.50 Å². The first kappa shape index (κ1) is 18.7. The van der Waals surface area contributed by atoms with Crippen LogP contribution in [0.15, 0.2) is 30.3 Å². The lowest BCUT2D eigenvalue weighted by Crippen LogP contribution is -2.28. The Balaban J connectivity index is 1.91. The molecule has 1 saturated heterocycles. The fourth-order valence-corrected chi connectivity index (χ4v) is 3.51. The largest absolute Gasteiger partial charge is 0.433 e. The van der Waals surface area contributed by atoms with Crippen LogP contribution in [-0.4, -0.2) is 38.5 Å². The molecule has 28 heavy (non-hydrogen) atoms. The molecule has 1 aliphatic heterocycles. The van der Waals surface area contributed by atoms with Crippen molar-refractivity contribution in [2.24, 2.45) is 0 Å². The number of halogens is 4. The van der Waals surface area contributed by atoms with Gasteiger partial charge in [0.2, 0.25) is 0 Å². The topological polar surface area (TPSA) is 50.5 Å². The van der Waals surface area contributed by atoms with E-state index in [4.69, 9.17) is 11.6 Å². The third-order valence-corrected chi connectivity index (χ3v) is 5.11. The summed E-state index contributed by atoms with van der Waals surface area (Å²) in [5.74, 6) is -0.474. The van der Waals surface area contributed by atoms with Crippen LogP contribution in [0, 0.1) is 6.92 Å². The van der Waals surface area contributed by atoms with Crippen LogP contribution in [0.3, 0.4) is 0 Å². The second kappa shape index (κ2) is 6.77. The highest BCUT2D eigenvalue weighted by Gasteiger charge is 2.37. The molecule has 0 atom stereocenters. The quantitative estimate of drug-likeness (QED) is 0.622. The lowest BCUT2D eigenvalue weighted by Gasteiger charge is -2.13. The zero-order valence-electron chi connectivity index (χ0n) is 14.9. The number of hydrogen-bond acceptors (Lipinski definition) is 3. The predicted molar refractivity (Wildman–Crippen MR) is 98.3 cm³/mol. The van der Waals surface area contributed by atoms with Gasteiger partial charge in [-0.1, -0.05) is 41.4 Å². The molecule has 0 radical (unpaired) electrons. The third-order valence-electron chi connectivity index (χ3n) is 4.77. The molecule has 146 valence electrons. The number of alkyl halides is 3. The number of aryl methyl sites for hydroxylation is 1. The molecule has 0 spiro atoms. The van der Waals surface area contributed by atoms with Crippen LogP contribution in [0.2, 0.25) is 5.02 Å². The maximum absolute atomic E-state index is 13.7. The number of aromatic nitrogens is 3. The van der Waals surface area contributed by atoms with E-state index >= 15 is 0 Å². The first-order valence-corrected chi connectivity index (χ1v) is 9.16. The lowest BCUT2D eigenvalue weighted by atomic mass is 10.1. The summed E-state index contributed by atoms with van der Waals surface area (Å²) in [4.78, 5) is 18.5. The van der Waals surface area contributed by atoms with Gasteiger partial charge in [-0.2, -0.15) is 18.3 Å². The zero-order chi connectivity index (χ0) is 20.1. The monoisotopic (exact) mass is 408 g/mol. The molecule has 4 rings (SSSR count). The molecular formula is C19H16ClF3N4O. The van der Waals surface area contributed by atoms with E-state index in [1.54, 1.807) is 29.2 Å². The normalized spacial score (nSPS) is 14.8. The highest BCUT2D eigenvalue weighted by Crippen LogP contribution is 2.35. The highest BCUT2D eigenvalue weighted by molar-refractivity contribution is 6.36. The summed E-state index contributed by atoms with van der Waals surface area (Å²) in [6, 6.07) is 7.87. The Bertz CT molecular complexity index is 1050. The molecule has 0 N–H and O–H groups in total. The average molecular weight is 409 g/mol. The SMILES string of the molecule is Cc1ccc(-c2cc(C(F)(F)F)n3nc(C(=O)N4CCCC4)c(Cl)c3n2)cc1. The minimum Gasteiger partial charge on any atom is -0.337 e. The van der Waals surface area contributed by atoms with E-state index in [0.29, 0.717) is 23.2 Å². The van der Waals surface area contributed by atoms with E-state index in [0.717, 1.165) is 24.5 Å². The number of rotatable bonds is 2. The van der Waals surface area contributed by atoms with Gasteiger partial charge in [0, 0.05) is 18.7 Å². The van der Waals surface area contributed by atoms with Crippen molar-refractivity contribution in [1.29, 1.82) is 0 Å². The maximum atomic E-state index is 13.7. The van der Waals surface area contributed by atoms with Gasteiger partial charge in [0.05, 0.1) is 5.69 Å². The molecule has 9 heteroatoms. The van der Waals surface area contributed by atoms with Gasteiger partial charge < -0.3 is 4.90 Å². The van der Waals surface area contributed by atoms with E-state index in [1.807, 2.05) is 6.92 Å². The van der Waals surface area contributed by atoms with Gasteiger partial charge in [-0.15, -0.1) is 0 Å². The molecule has 5 nitrogen and oxygen atoms in total. The van der Waals surface area contributed by atoms with Crippen LogP contribution in [0.4, 0.5) is 13.2 Å². The van der Waals surface area contributed by atoms with Crippen LogP contribution < -0.4 is 0 Å². The maximum Gasteiger partial charge on any atom is 0.433 e. The Hall–Kier alpha value is -2.61. The number of carbonyl (C=O) groups is 1. The number of fused-ring (bicyclic) bond motifs is 1. The second-order valence-electron chi connectivity index (χ2n) is 6.79. The molecule has 1 aliphatic rings. The molecule has 1 fully saturated rings. The summed E-state index contributed by atoms with van der Waals surface area (Å²) in [5.41, 5.74) is 0.180. The standard InChI is InChI=1S/C19H16ClF3N4O/c1-11-4-6-12(7-5-11)13-10-14(19(21,22)23)27-17(24-13)15(20)16(25-27)18(28)26-8-2-3-9-26/h4-7,10H,2-3,8-9H2,1H3. The Kier molecular flexibility index (Phi) is 4.53. The van der Waals surface area contributed by atoms with Crippen molar-refractivity contribution >= 4 is 23.2 Å². The Morgan fingerprint density at radius 1 is 1.14 bits per heavy atom. The minimum absolute atomic E-state index is 0.113. The lowest BCUT2D eigenvalue weighted by molar-refractivity contribution is -0.142. The molecule has 1 amide bonds. The van der Waals surface area contributed by atoms with Crippen molar-refractivity contribution in [1.82, 2.24) is 19.5 Å². The molecular weight excluding hydrogens is 393 g/mol. The van der Waals surface area contributed by atoms with E-state index in [-0.39, 0.29) is 22.1 Å². The van der Waals surface area contributed by atoms with Crippen molar-refractivity contribution in [3.8, 4) is 11.3 Å². The first-order chi connectivity index (χ1) is 13.3. The molecule has 3 aromatic rings. The van der Waals surface area contributed by atoms with Gasteiger partial charge in [0.1, 0.15) is 5.02 Å². The Labute approximate surface area is 163 Å². The minimum atomic E-state index is -4.69. The third kappa shape index (κ3) is 3.22. The summed E-state index contributed by atoms with van der Waals surface area (Å²) in [6.45, 7) is 2.96. The molecule has 0 aliphatic carbocycles. The van der Waals surface area contributed by atoms with E-state index in [9.17, 15) is 18.0 Å². The Morgan fingerprint density at radius 2 is 1.79 bits per heavy atom. The van der Waals surface area contributed by atoms with Crippen molar-refractivity contribution in [3.63, 3.8) is 0 Å². The number of amides is 1. The van der Waals surface area contributed by atoms with E-state index in [1.165, 1.54) is 0 Å². The van der Waals surface area contributed by atoms with Crippen LogP contribution in [0.1, 0.15) is 34.6 Å². The van der Waals surface area contributed by atoms with Gasteiger partial charge in [-0.3, -0.25) is 4.79 Å². The number of carbonyl (C=O) groups excluding carboxylic acids is 1. The van der Waals surface area contributed by atoms with Crippen LogP contribution in [0.5, 0.6) is 0 Å². The van der Waals surface area contributed by atoms with Crippen LogP contribution >= 0.6 is 11.6 Å². The van der Waals surface area contributed by atoms with Crippen LogP contribution in [0.25, 0.3) is 16.9 Å². The number of nitrogens with zero attached hydrogens (tertiary/aromatic N) is 4. The summed E-state index contributed by atoms with van der Waals surface area (Å²) in [7, 11) is 0. The van der Waals surface area contributed by atoms with E-state index in [2.05, 4.69) is 10.1 Å². The second-order valence-corrected chi connectivity index (χ2v) is 7.17. The van der Waals surface area contributed by atoms with Gasteiger partial charge in [0.15, 0.2) is 17.0 Å². The van der Waals surface area contributed by atoms with Crippen molar-refractivity contribution in [2.45, 2.75) is 25.9 Å². The summed E-state index contributed by atoms with van der Waals surface area (Å²) >= 11 is 6.28. The highest BCUT2D eigenvalue weighted by atomic mass is 35.5. The predicted octanol–water partition coefficient (Wildman–Crippen LogP) is 4.61. The molecule has 3 heterocycles. The van der Waals surface area contributed by atoms with Gasteiger partial charge in [0.25, 0.3) is 5.91 Å². The molecule has 2 aromatic heterocycles. The summed E-state index contributed by atoms with van der Waals surface area (Å²) in [5, 5.41) is 3.71. The zero-order valence-corrected chi connectivity index (χ0v) is 15.7. The van der Waals surface area contributed by atoms with Crippen LogP contribution in [-0.2, 0) is 6.18 Å². The van der Waals surface area contributed by atoms with Gasteiger partial charge >= 0.3 is 6.18 Å². The Morgan fingerprint density at radius 3 is 2.39 bits per heavy atom. The van der Waals surface area contributed by atoms with Crippen molar-refractivity contribution in [2.75, 3.05) is 13.1 Å². The first-order valence-electron chi connectivity index (χ1n) is 8.78. The van der Waals surface area contributed by atoms with Crippen molar-refractivity contribution in [3.05, 3.63) is 52.3 Å². The number of likely N-dealkylation sites (tertiary alicyclic amines) is 1. The smallest absolute Gasteiger partial charge is 0.337 e. The average Bonchev–Trinajstić information content (AvgIpc) is 3.29. The molecule has 1 aromatic carbocycles. The summed E-state index contributed by atoms with van der Waals surface area (Å²) in [6.07, 6.45) is -3.00. The molecule has 0 unspecified atom stereocenters. The van der Waals surface area contributed by atoms with E-state index < -0.39 is 17.8 Å². The fraction of sp³-hybridized carbons (Fsp3) is 0.316. The molecule has 0 bridgehead atoms. The fourth-order valence-electron chi connectivity index (χ4n) is 3.27. The van der Waals surface area contributed by atoms with Gasteiger partial charge in [-0.05, 0) is 25.8 Å². The molecule has 0 saturated carbocycles. The summed E-state index contributed by atoms with van der Waals surface area (Å²) < 4.78 is 41.7. The van der Waals surface area contributed by atoms with Crippen molar-refractivity contribution < 1.29 is 18.0 Å².